The fourth-order valence-electron chi connectivity index (χ4n) is 2.62. The first kappa shape index (κ1) is 10.6. The predicted octanol–water partition coefficient (Wildman–Crippen LogP) is 2.40. The maximum absolute atomic E-state index is 11.2. The monoisotopic (exact) mass is 231 g/mol. The van der Waals surface area contributed by atoms with Gasteiger partial charge in [-0.05, 0) is 43.9 Å². The molecule has 2 aliphatic rings. The van der Waals surface area contributed by atoms with Crippen LogP contribution in [0.15, 0.2) is 24.3 Å². The Labute approximate surface area is 101 Å². The second-order valence-corrected chi connectivity index (χ2v) is 5.27. The van der Waals surface area contributed by atoms with Crippen molar-refractivity contribution in [3.05, 3.63) is 29.8 Å². The molecule has 3 rings (SSSR count). The molecule has 2 fully saturated rings. The number of carbonyl (C=O) groups is 1. The molecule has 0 bridgehead atoms. The van der Waals surface area contributed by atoms with Gasteiger partial charge in [-0.1, -0.05) is 12.1 Å². The average molecular weight is 231 g/mol. The third kappa shape index (κ3) is 1.53. The normalized spacial score (nSPS) is 25.2. The van der Waals surface area contributed by atoms with Crippen LogP contribution in [0.25, 0.3) is 0 Å². The van der Waals surface area contributed by atoms with E-state index in [1.165, 1.54) is 12.1 Å². The highest BCUT2D eigenvalue weighted by Gasteiger charge is 2.51. The third-order valence-corrected chi connectivity index (χ3v) is 4.23. The van der Waals surface area contributed by atoms with Gasteiger partial charge in [0.1, 0.15) is 0 Å². The van der Waals surface area contributed by atoms with Crippen LogP contribution >= 0.6 is 0 Å². The van der Waals surface area contributed by atoms with E-state index < -0.39 is 11.4 Å². The summed E-state index contributed by atoms with van der Waals surface area (Å²) in [5.41, 5.74) is 1.61. The molecule has 1 N–H and O–H groups in total. The van der Waals surface area contributed by atoms with Gasteiger partial charge in [-0.2, -0.15) is 0 Å². The van der Waals surface area contributed by atoms with Crippen molar-refractivity contribution in [3.63, 3.8) is 0 Å². The number of anilines is 1. The van der Waals surface area contributed by atoms with E-state index in [9.17, 15) is 9.90 Å². The SMILES string of the molecule is CC1CCN1c1ccc(C2(C(=O)O)CC2)cc1. The quantitative estimate of drug-likeness (QED) is 0.868. The van der Waals surface area contributed by atoms with Crippen molar-refractivity contribution < 1.29 is 9.90 Å². The molecule has 3 heteroatoms. The Hall–Kier alpha value is -1.51. The molecule has 0 amide bonds. The predicted molar refractivity (Wildman–Crippen MR) is 66.4 cm³/mol. The second-order valence-electron chi connectivity index (χ2n) is 5.27. The molecule has 1 aromatic carbocycles. The Morgan fingerprint density at radius 1 is 1.35 bits per heavy atom. The molecule has 1 aliphatic heterocycles. The largest absolute Gasteiger partial charge is 0.481 e. The molecule has 1 atom stereocenters. The van der Waals surface area contributed by atoms with Gasteiger partial charge >= 0.3 is 5.97 Å². The van der Waals surface area contributed by atoms with Crippen LogP contribution in [-0.2, 0) is 10.2 Å². The van der Waals surface area contributed by atoms with Crippen molar-refractivity contribution in [2.45, 2.75) is 37.6 Å². The topological polar surface area (TPSA) is 40.5 Å². The highest BCUT2D eigenvalue weighted by Crippen LogP contribution is 2.48. The fraction of sp³-hybridized carbons (Fsp3) is 0.500. The van der Waals surface area contributed by atoms with Gasteiger partial charge in [0.15, 0.2) is 0 Å². The first-order valence-corrected chi connectivity index (χ1v) is 6.24. The zero-order valence-corrected chi connectivity index (χ0v) is 10.0. The van der Waals surface area contributed by atoms with Crippen LogP contribution in [0.3, 0.4) is 0 Å². The highest BCUT2D eigenvalue weighted by molar-refractivity contribution is 5.85. The molecule has 0 radical (unpaired) electrons. The molecular formula is C14H17NO2. The van der Waals surface area contributed by atoms with Crippen LogP contribution in [0.1, 0.15) is 31.7 Å². The molecule has 1 saturated heterocycles. The zero-order chi connectivity index (χ0) is 12.0. The van der Waals surface area contributed by atoms with E-state index >= 15 is 0 Å². The number of carboxylic acid groups (broad SMARTS) is 1. The summed E-state index contributed by atoms with van der Waals surface area (Å²) >= 11 is 0. The molecule has 0 spiro atoms. The molecule has 1 aromatic rings. The van der Waals surface area contributed by atoms with E-state index in [0.717, 1.165) is 24.9 Å². The standard InChI is InChI=1S/C14H17NO2/c1-10-6-9-15(10)12-4-2-11(3-5-12)14(7-8-14)13(16)17/h2-5,10H,6-9H2,1H3,(H,16,17). The van der Waals surface area contributed by atoms with Crippen LogP contribution in [0.4, 0.5) is 5.69 Å². The summed E-state index contributed by atoms with van der Waals surface area (Å²) in [6, 6.07) is 8.72. The van der Waals surface area contributed by atoms with Crippen molar-refractivity contribution in [2.75, 3.05) is 11.4 Å². The van der Waals surface area contributed by atoms with E-state index in [2.05, 4.69) is 24.0 Å². The summed E-state index contributed by atoms with van der Waals surface area (Å²) in [6.45, 7) is 3.33. The molecule has 1 aliphatic carbocycles. The lowest BCUT2D eigenvalue weighted by molar-refractivity contribution is -0.140. The van der Waals surface area contributed by atoms with Gasteiger partial charge in [0, 0.05) is 18.3 Å². The lowest BCUT2D eigenvalue weighted by Crippen LogP contribution is -2.45. The summed E-state index contributed by atoms with van der Waals surface area (Å²) in [4.78, 5) is 13.6. The Balaban J connectivity index is 1.83. The Bertz CT molecular complexity index is 448. The molecule has 1 saturated carbocycles. The Kier molecular flexibility index (Phi) is 2.18. The zero-order valence-electron chi connectivity index (χ0n) is 10.0. The van der Waals surface area contributed by atoms with Crippen molar-refractivity contribution in [3.8, 4) is 0 Å². The van der Waals surface area contributed by atoms with Gasteiger partial charge in [0.25, 0.3) is 0 Å². The number of nitrogens with zero attached hydrogens (tertiary/aromatic N) is 1. The van der Waals surface area contributed by atoms with Crippen molar-refractivity contribution >= 4 is 11.7 Å². The highest BCUT2D eigenvalue weighted by atomic mass is 16.4. The molecule has 90 valence electrons. The van der Waals surface area contributed by atoms with E-state index in [4.69, 9.17) is 0 Å². The number of rotatable bonds is 3. The number of benzene rings is 1. The van der Waals surface area contributed by atoms with Crippen LogP contribution < -0.4 is 4.90 Å². The molecule has 17 heavy (non-hydrogen) atoms. The van der Waals surface area contributed by atoms with E-state index in [0.29, 0.717) is 6.04 Å². The summed E-state index contributed by atoms with van der Waals surface area (Å²) in [6.07, 6.45) is 2.81. The molecule has 0 aromatic heterocycles. The Morgan fingerprint density at radius 2 is 2.00 bits per heavy atom. The van der Waals surface area contributed by atoms with Gasteiger partial charge in [0.2, 0.25) is 0 Å². The maximum Gasteiger partial charge on any atom is 0.314 e. The first-order valence-electron chi connectivity index (χ1n) is 6.24. The van der Waals surface area contributed by atoms with Gasteiger partial charge in [-0.3, -0.25) is 4.79 Å². The van der Waals surface area contributed by atoms with Crippen LogP contribution in [-0.4, -0.2) is 23.7 Å². The molecular weight excluding hydrogens is 214 g/mol. The van der Waals surface area contributed by atoms with Gasteiger partial charge < -0.3 is 10.0 Å². The number of aliphatic carboxylic acids is 1. The summed E-state index contributed by atoms with van der Waals surface area (Å²) in [5, 5.41) is 9.22. The van der Waals surface area contributed by atoms with Crippen LogP contribution in [0.2, 0.25) is 0 Å². The average Bonchev–Trinajstić information content (AvgIpc) is 3.09. The molecule has 1 heterocycles. The molecule has 3 nitrogen and oxygen atoms in total. The minimum absolute atomic E-state index is 0.570. The van der Waals surface area contributed by atoms with E-state index in [1.807, 2.05) is 12.1 Å². The van der Waals surface area contributed by atoms with Gasteiger partial charge in [-0.15, -0.1) is 0 Å². The number of hydrogen-bond acceptors (Lipinski definition) is 2. The smallest absolute Gasteiger partial charge is 0.314 e. The second kappa shape index (κ2) is 3.49. The van der Waals surface area contributed by atoms with Gasteiger partial charge in [-0.25, -0.2) is 0 Å². The van der Waals surface area contributed by atoms with Crippen LogP contribution in [0, 0.1) is 0 Å². The summed E-state index contributed by atoms with van der Waals surface area (Å²) in [5.74, 6) is -0.678. The lowest BCUT2D eigenvalue weighted by Gasteiger charge is -2.40. The van der Waals surface area contributed by atoms with E-state index in [1.54, 1.807) is 0 Å². The number of carboxylic acids is 1. The van der Waals surface area contributed by atoms with E-state index in [-0.39, 0.29) is 0 Å². The summed E-state index contributed by atoms with van der Waals surface area (Å²) in [7, 11) is 0. The first-order chi connectivity index (χ1) is 8.13. The lowest BCUT2D eigenvalue weighted by atomic mass is 9.95. The van der Waals surface area contributed by atoms with Crippen LogP contribution in [0.5, 0.6) is 0 Å². The maximum atomic E-state index is 11.2. The van der Waals surface area contributed by atoms with Gasteiger partial charge in [0.05, 0.1) is 5.41 Å². The Morgan fingerprint density at radius 3 is 2.35 bits per heavy atom. The number of hydrogen-bond donors (Lipinski definition) is 1. The summed E-state index contributed by atoms with van der Waals surface area (Å²) < 4.78 is 0. The van der Waals surface area contributed by atoms with Crippen molar-refractivity contribution in [1.82, 2.24) is 0 Å². The van der Waals surface area contributed by atoms with Crippen molar-refractivity contribution in [1.29, 1.82) is 0 Å². The minimum atomic E-state index is -0.678. The molecule has 1 unspecified atom stereocenters. The fourth-order valence-corrected chi connectivity index (χ4v) is 2.62. The van der Waals surface area contributed by atoms with Crippen molar-refractivity contribution in [2.24, 2.45) is 0 Å². The minimum Gasteiger partial charge on any atom is -0.481 e. The third-order valence-electron chi connectivity index (χ3n) is 4.23.